The fraction of sp³-hybridized carbons (Fsp3) is 0.304. The number of fused-ring (bicyclic) bond motifs is 1. The molecule has 3 heterocycles. The molecule has 1 aliphatic rings. The molecule has 2 aromatic heterocycles. The van der Waals surface area contributed by atoms with E-state index in [1.165, 1.54) is 10.8 Å². The molecular formula is C23H24N6O4. The number of benzene rings is 1. The molecule has 170 valence electrons. The van der Waals surface area contributed by atoms with Gasteiger partial charge in [0, 0.05) is 29.9 Å². The Hall–Kier alpha value is -3.78. The molecule has 0 saturated carbocycles. The van der Waals surface area contributed by atoms with Gasteiger partial charge in [0.15, 0.2) is 0 Å². The third-order valence-electron chi connectivity index (χ3n) is 5.75. The van der Waals surface area contributed by atoms with Crippen LogP contribution >= 0.6 is 0 Å². The maximum atomic E-state index is 12.7. The fourth-order valence-electron chi connectivity index (χ4n) is 3.83. The number of aromatic nitrogens is 3. The zero-order chi connectivity index (χ0) is 23.6. The van der Waals surface area contributed by atoms with Crippen LogP contribution in [-0.2, 0) is 12.0 Å². The third-order valence-corrected chi connectivity index (χ3v) is 5.75. The first-order chi connectivity index (χ1) is 15.9. The molecule has 0 amide bonds. The molecule has 0 spiro atoms. The van der Waals surface area contributed by atoms with Crippen LogP contribution in [0.3, 0.4) is 0 Å². The van der Waals surface area contributed by atoms with Gasteiger partial charge in [-0.25, -0.2) is 9.97 Å². The maximum absolute atomic E-state index is 12.7. The van der Waals surface area contributed by atoms with Crippen molar-refractivity contribution in [1.29, 1.82) is 5.26 Å². The number of nitrogens with one attached hydrogen (secondary N) is 2. The Morgan fingerprint density at radius 2 is 2.18 bits per heavy atom. The lowest BCUT2D eigenvalue weighted by molar-refractivity contribution is 0.0804. The minimum atomic E-state index is -1.05. The Morgan fingerprint density at radius 1 is 1.36 bits per heavy atom. The van der Waals surface area contributed by atoms with E-state index in [9.17, 15) is 20.3 Å². The average molecular weight is 448 g/mol. The van der Waals surface area contributed by atoms with Crippen LogP contribution in [0, 0.1) is 11.3 Å². The zero-order valence-corrected chi connectivity index (χ0v) is 18.0. The van der Waals surface area contributed by atoms with Gasteiger partial charge < -0.3 is 30.5 Å². The summed E-state index contributed by atoms with van der Waals surface area (Å²) < 4.78 is 1.29. The fourth-order valence-corrected chi connectivity index (χ4v) is 3.83. The van der Waals surface area contributed by atoms with Crippen molar-refractivity contribution in [2.75, 3.05) is 30.4 Å². The standard InChI is InChI=1S/C23H24N6O4/c1-23(13-31)12-26-20-15(9-24)7-14(8-17(20)23)18-4-5-25-22(27-18)28-19-3-2-6-29(21(19)33)10-16(32)11-30/h2-8,16,26,30-32H,10-13H2,1H3,(H,25,27,28)/t16?,23-/m1/s1. The second-order valence-corrected chi connectivity index (χ2v) is 8.24. The summed E-state index contributed by atoms with van der Waals surface area (Å²) in [5, 5.41) is 44.3. The minimum absolute atomic E-state index is 0.0462. The van der Waals surface area contributed by atoms with Gasteiger partial charge in [-0.15, -0.1) is 0 Å². The van der Waals surface area contributed by atoms with Crippen LogP contribution in [0.1, 0.15) is 18.1 Å². The molecule has 10 nitrogen and oxygen atoms in total. The maximum Gasteiger partial charge on any atom is 0.274 e. The smallest absolute Gasteiger partial charge is 0.274 e. The van der Waals surface area contributed by atoms with E-state index >= 15 is 0 Å². The first kappa shape index (κ1) is 22.4. The second kappa shape index (κ2) is 8.99. The van der Waals surface area contributed by atoms with E-state index in [1.807, 2.05) is 13.0 Å². The Bertz CT molecular complexity index is 1280. The van der Waals surface area contributed by atoms with E-state index in [-0.39, 0.29) is 24.8 Å². The van der Waals surface area contributed by atoms with Crippen LogP contribution in [0.25, 0.3) is 11.3 Å². The number of aliphatic hydroxyl groups is 3. The van der Waals surface area contributed by atoms with Crippen LogP contribution in [0.2, 0.25) is 0 Å². The van der Waals surface area contributed by atoms with Gasteiger partial charge in [-0.05, 0) is 35.9 Å². The van der Waals surface area contributed by atoms with Crippen LogP contribution < -0.4 is 16.2 Å². The number of nitriles is 1. The molecule has 33 heavy (non-hydrogen) atoms. The SMILES string of the molecule is C[C@]1(CO)CNc2c(C#N)cc(-c3ccnc(Nc4cccn(CC(O)CO)c4=O)n3)cc21. The highest BCUT2D eigenvalue weighted by Crippen LogP contribution is 2.41. The van der Waals surface area contributed by atoms with Crippen molar-refractivity contribution < 1.29 is 15.3 Å². The molecule has 4 rings (SSSR count). The molecule has 0 bridgehead atoms. The Morgan fingerprint density at radius 3 is 2.91 bits per heavy atom. The molecule has 0 saturated heterocycles. The summed E-state index contributed by atoms with van der Waals surface area (Å²) in [4.78, 5) is 21.4. The van der Waals surface area contributed by atoms with Gasteiger partial charge >= 0.3 is 0 Å². The molecule has 0 fully saturated rings. The highest BCUT2D eigenvalue weighted by atomic mass is 16.3. The van der Waals surface area contributed by atoms with Gasteiger partial charge in [0.2, 0.25) is 5.95 Å². The van der Waals surface area contributed by atoms with Gasteiger partial charge in [-0.2, -0.15) is 5.26 Å². The molecular weight excluding hydrogens is 424 g/mol. The number of rotatable bonds is 7. The molecule has 0 aliphatic carbocycles. The van der Waals surface area contributed by atoms with Crippen molar-refractivity contribution in [3.8, 4) is 17.3 Å². The van der Waals surface area contributed by atoms with E-state index < -0.39 is 23.7 Å². The molecule has 2 atom stereocenters. The normalized spacial score (nSPS) is 17.7. The second-order valence-electron chi connectivity index (χ2n) is 8.24. The topological polar surface area (TPSA) is 156 Å². The van der Waals surface area contributed by atoms with E-state index in [2.05, 4.69) is 26.7 Å². The van der Waals surface area contributed by atoms with Crippen molar-refractivity contribution in [1.82, 2.24) is 14.5 Å². The summed E-state index contributed by atoms with van der Waals surface area (Å²) >= 11 is 0. The highest BCUT2D eigenvalue weighted by Gasteiger charge is 2.36. The summed E-state index contributed by atoms with van der Waals surface area (Å²) in [5.74, 6) is 0.187. The lowest BCUT2D eigenvalue weighted by Gasteiger charge is -2.21. The number of hydrogen-bond acceptors (Lipinski definition) is 9. The van der Waals surface area contributed by atoms with Crippen LogP contribution in [-0.4, -0.2) is 55.7 Å². The van der Waals surface area contributed by atoms with Gasteiger partial charge in [-0.1, -0.05) is 6.92 Å². The van der Waals surface area contributed by atoms with Crippen LogP contribution in [0.5, 0.6) is 0 Å². The summed E-state index contributed by atoms with van der Waals surface area (Å²) in [6, 6.07) is 10.8. The lowest BCUT2D eigenvalue weighted by atomic mass is 9.83. The molecule has 10 heteroatoms. The molecule has 0 radical (unpaired) electrons. The lowest BCUT2D eigenvalue weighted by Crippen LogP contribution is -2.29. The number of anilines is 3. The summed E-state index contributed by atoms with van der Waals surface area (Å²) in [6.07, 6.45) is 2.01. The van der Waals surface area contributed by atoms with Crippen LogP contribution in [0.4, 0.5) is 17.3 Å². The minimum Gasteiger partial charge on any atom is -0.395 e. The predicted molar refractivity (Wildman–Crippen MR) is 122 cm³/mol. The molecule has 3 aromatic rings. The zero-order valence-electron chi connectivity index (χ0n) is 18.0. The largest absolute Gasteiger partial charge is 0.395 e. The van der Waals surface area contributed by atoms with Crippen molar-refractivity contribution in [2.45, 2.75) is 25.0 Å². The van der Waals surface area contributed by atoms with Crippen molar-refractivity contribution in [2.24, 2.45) is 0 Å². The summed E-state index contributed by atoms with van der Waals surface area (Å²) in [7, 11) is 0. The molecule has 5 N–H and O–H groups in total. The Balaban J connectivity index is 1.68. The summed E-state index contributed by atoms with van der Waals surface area (Å²) in [6.45, 7) is 1.89. The number of pyridine rings is 1. The molecule has 1 aromatic carbocycles. The quantitative estimate of drug-likeness (QED) is 0.355. The third kappa shape index (κ3) is 4.29. The first-order valence-corrected chi connectivity index (χ1v) is 10.4. The van der Waals surface area contributed by atoms with Gasteiger partial charge in [0.1, 0.15) is 11.8 Å². The molecule has 1 aliphatic heterocycles. The number of aliphatic hydroxyl groups excluding tert-OH is 3. The van der Waals surface area contributed by atoms with Crippen LogP contribution in [0.15, 0.2) is 47.5 Å². The highest BCUT2D eigenvalue weighted by molar-refractivity contribution is 5.76. The Labute approximate surface area is 189 Å². The summed E-state index contributed by atoms with van der Waals surface area (Å²) in [5.41, 5.74) is 2.57. The predicted octanol–water partition coefficient (Wildman–Crippen LogP) is 0.949. The van der Waals surface area contributed by atoms with Crippen molar-refractivity contribution >= 4 is 17.3 Å². The van der Waals surface area contributed by atoms with E-state index in [4.69, 9.17) is 5.11 Å². The Kier molecular flexibility index (Phi) is 6.11. The van der Waals surface area contributed by atoms with E-state index in [1.54, 1.807) is 30.5 Å². The van der Waals surface area contributed by atoms with E-state index in [0.29, 0.717) is 23.4 Å². The van der Waals surface area contributed by atoms with Gasteiger partial charge in [-0.3, -0.25) is 4.79 Å². The first-order valence-electron chi connectivity index (χ1n) is 10.4. The van der Waals surface area contributed by atoms with Crippen molar-refractivity contribution in [3.63, 3.8) is 0 Å². The van der Waals surface area contributed by atoms with E-state index in [0.717, 1.165) is 11.3 Å². The number of hydrogen-bond donors (Lipinski definition) is 5. The monoisotopic (exact) mass is 448 g/mol. The van der Waals surface area contributed by atoms with Crippen molar-refractivity contribution in [3.05, 3.63) is 64.2 Å². The van der Waals surface area contributed by atoms with Gasteiger partial charge in [0.05, 0.1) is 42.8 Å². The number of nitrogens with zero attached hydrogens (tertiary/aromatic N) is 4. The van der Waals surface area contributed by atoms with Gasteiger partial charge in [0.25, 0.3) is 5.56 Å². The average Bonchev–Trinajstić information content (AvgIpc) is 3.18. The molecule has 1 unspecified atom stereocenters.